The Kier molecular flexibility index (Phi) is 44.0. The monoisotopic (exact) mass is 996 g/mol. The van der Waals surface area contributed by atoms with Crippen molar-refractivity contribution in [1.29, 1.82) is 0 Å². The minimum atomic E-state index is -1.63. The van der Waals surface area contributed by atoms with Crippen LogP contribution in [0.3, 0.4) is 0 Å². The molecule has 1 aliphatic heterocycles. The first-order chi connectivity index (χ1) is 34.7. The Labute approximate surface area is 431 Å². The van der Waals surface area contributed by atoms with Crippen molar-refractivity contribution in [1.82, 2.24) is 5.32 Å². The highest BCUT2D eigenvalue weighted by molar-refractivity contribution is 5.80. The van der Waals surface area contributed by atoms with E-state index < -0.39 is 67.4 Å². The minimum Gasteiger partial charge on any atom is -0.454 e. The molecule has 0 bridgehead atoms. The molecule has 0 aromatic carbocycles. The molecule has 1 rings (SSSR count). The van der Waals surface area contributed by atoms with E-state index in [1.54, 1.807) is 6.08 Å². The molecule has 0 aliphatic carbocycles. The van der Waals surface area contributed by atoms with Crippen LogP contribution in [0.5, 0.6) is 0 Å². The van der Waals surface area contributed by atoms with E-state index in [0.717, 1.165) is 109 Å². The number of amides is 1. The molecule has 0 aromatic rings. The normalized spacial score (nSPS) is 20.4. The molecule has 1 aliphatic rings. The molecule has 406 valence electrons. The Bertz CT molecular complexity index is 1520. The molecule has 11 nitrogen and oxygen atoms in total. The lowest BCUT2D eigenvalue weighted by Crippen LogP contribution is -2.61. The summed E-state index contributed by atoms with van der Waals surface area (Å²) in [5.74, 6) is -1.24. The average molecular weight is 996 g/mol. The molecular weight excluding hydrogens is 895 g/mol. The number of carbonyl (C=O) groups excluding carboxylic acids is 2. The van der Waals surface area contributed by atoms with Crippen molar-refractivity contribution in [2.24, 2.45) is 0 Å². The molecule has 1 amide bonds. The quantitative estimate of drug-likeness (QED) is 0.0149. The van der Waals surface area contributed by atoms with Crippen LogP contribution in [0.25, 0.3) is 0 Å². The van der Waals surface area contributed by atoms with Crippen molar-refractivity contribution in [3.05, 3.63) is 97.2 Å². The van der Waals surface area contributed by atoms with Gasteiger partial charge in [0.15, 0.2) is 12.4 Å². The van der Waals surface area contributed by atoms with Gasteiger partial charge in [-0.1, -0.05) is 234 Å². The van der Waals surface area contributed by atoms with Gasteiger partial charge in [0.2, 0.25) is 5.91 Å². The smallest absolute Gasteiger partial charge is 0.306 e. The summed E-state index contributed by atoms with van der Waals surface area (Å²) < 4.78 is 17.5. The van der Waals surface area contributed by atoms with Gasteiger partial charge in [-0.25, -0.2) is 0 Å². The maximum absolute atomic E-state index is 13.4. The second-order valence-corrected chi connectivity index (χ2v) is 19.1. The number of esters is 1. The van der Waals surface area contributed by atoms with Gasteiger partial charge in [0.1, 0.15) is 24.4 Å². The zero-order chi connectivity index (χ0) is 51.8. The van der Waals surface area contributed by atoms with Gasteiger partial charge in [-0.15, -0.1) is 0 Å². The molecule has 8 atom stereocenters. The lowest BCUT2D eigenvalue weighted by Gasteiger charge is -2.41. The van der Waals surface area contributed by atoms with Crippen LogP contribution < -0.4 is 5.32 Å². The van der Waals surface area contributed by atoms with Gasteiger partial charge in [0.05, 0.1) is 25.4 Å². The van der Waals surface area contributed by atoms with Crippen LogP contribution in [0.1, 0.15) is 207 Å². The summed E-state index contributed by atoms with van der Waals surface area (Å²) in [5.41, 5.74) is 0. The Morgan fingerprint density at radius 1 is 0.563 bits per heavy atom. The summed E-state index contributed by atoms with van der Waals surface area (Å²) in [6.07, 6.45) is 51.6. The number of nitrogens with one attached hydrogen (secondary N) is 1. The first kappa shape index (κ1) is 65.6. The molecule has 0 aromatic heterocycles. The average Bonchev–Trinajstić information content (AvgIpc) is 3.37. The molecule has 0 saturated carbocycles. The number of carbonyl (C=O) groups is 2. The summed E-state index contributed by atoms with van der Waals surface area (Å²) in [6.45, 7) is 5.47. The molecular formula is C60H101NO10. The molecule has 6 N–H and O–H groups in total. The predicted octanol–water partition coefficient (Wildman–Crippen LogP) is 12.4. The predicted molar refractivity (Wildman–Crippen MR) is 292 cm³/mol. The number of unbranched alkanes of at least 4 members (excludes halogenated alkanes) is 22. The molecule has 8 unspecified atom stereocenters. The standard InChI is InChI=1S/C60H101NO10/c1-4-7-10-13-16-19-22-25-27-30-33-36-39-42-45-48-55(65)71-58-57(67)56(66)54(49-62)70-60(58)69-50-51(52(63)46-43-40-37-34-31-28-24-21-18-15-12-9-6-3)61-59(68)53(64)47-44-41-38-35-32-29-26-23-20-17-14-11-8-5-2/h7-8,10-11,13-14,16-17,19-20,22-23,26,29,43,46,51-54,56-58,60,62-64,66-67H,4-6,9,12,15,18,21,24-25,27-28,30-42,44-45,47-50H2,1-3H3,(H,61,68)/b10-7+,11-8+,16-13+,17-14+,22-19+,23-20+,29-26-,46-43+. The number of allylic oxidation sites excluding steroid dienone is 15. The van der Waals surface area contributed by atoms with Crippen LogP contribution in [0.4, 0.5) is 0 Å². The van der Waals surface area contributed by atoms with Crippen molar-refractivity contribution >= 4 is 11.9 Å². The highest BCUT2D eigenvalue weighted by Gasteiger charge is 2.47. The third-order valence-corrected chi connectivity index (χ3v) is 12.6. The van der Waals surface area contributed by atoms with Crippen LogP contribution >= 0.6 is 0 Å². The van der Waals surface area contributed by atoms with Gasteiger partial charge in [-0.05, 0) is 64.2 Å². The number of hydrogen-bond acceptors (Lipinski definition) is 10. The van der Waals surface area contributed by atoms with Gasteiger partial charge in [-0.3, -0.25) is 9.59 Å². The Morgan fingerprint density at radius 2 is 1.01 bits per heavy atom. The van der Waals surface area contributed by atoms with Crippen LogP contribution in [0.15, 0.2) is 97.2 Å². The molecule has 0 spiro atoms. The van der Waals surface area contributed by atoms with Gasteiger partial charge in [0.25, 0.3) is 0 Å². The van der Waals surface area contributed by atoms with Gasteiger partial charge >= 0.3 is 5.97 Å². The maximum Gasteiger partial charge on any atom is 0.306 e. The Morgan fingerprint density at radius 3 is 1.52 bits per heavy atom. The minimum absolute atomic E-state index is 0.102. The lowest BCUT2D eigenvalue weighted by molar-refractivity contribution is -0.305. The van der Waals surface area contributed by atoms with Gasteiger partial charge in [-0.2, -0.15) is 0 Å². The fraction of sp³-hybridized carbons (Fsp3) is 0.700. The van der Waals surface area contributed by atoms with Crippen molar-refractivity contribution in [2.45, 2.75) is 256 Å². The van der Waals surface area contributed by atoms with E-state index in [1.807, 2.05) is 54.7 Å². The third-order valence-electron chi connectivity index (χ3n) is 12.6. The largest absolute Gasteiger partial charge is 0.454 e. The summed E-state index contributed by atoms with van der Waals surface area (Å²) in [5, 5.41) is 56.8. The Balaban J connectivity index is 2.78. The topological polar surface area (TPSA) is 175 Å². The lowest BCUT2D eigenvalue weighted by atomic mass is 9.99. The number of aliphatic hydroxyl groups is 5. The van der Waals surface area contributed by atoms with E-state index in [-0.39, 0.29) is 19.4 Å². The molecule has 1 fully saturated rings. The van der Waals surface area contributed by atoms with E-state index in [2.05, 4.69) is 62.5 Å². The molecule has 1 heterocycles. The number of rotatable bonds is 45. The summed E-state index contributed by atoms with van der Waals surface area (Å²) in [7, 11) is 0. The number of hydrogen-bond donors (Lipinski definition) is 6. The highest BCUT2D eigenvalue weighted by Crippen LogP contribution is 2.26. The molecule has 1 saturated heterocycles. The summed E-state index contributed by atoms with van der Waals surface area (Å²) in [6, 6.07) is -1.04. The Hall–Kier alpha value is -3.42. The van der Waals surface area contributed by atoms with Crippen molar-refractivity contribution in [2.75, 3.05) is 13.2 Å². The molecule has 0 radical (unpaired) electrons. The second-order valence-electron chi connectivity index (χ2n) is 19.1. The fourth-order valence-electron chi connectivity index (χ4n) is 8.19. The zero-order valence-electron chi connectivity index (χ0n) is 44.6. The van der Waals surface area contributed by atoms with Crippen molar-refractivity contribution in [3.63, 3.8) is 0 Å². The highest BCUT2D eigenvalue weighted by atomic mass is 16.7. The van der Waals surface area contributed by atoms with Crippen molar-refractivity contribution < 1.29 is 49.3 Å². The van der Waals surface area contributed by atoms with E-state index in [4.69, 9.17) is 14.2 Å². The van der Waals surface area contributed by atoms with Crippen LogP contribution in [-0.2, 0) is 23.8 Å². The third kappa shape index (κ3) is 36.2. The van der Waals surface area contributed by atoms with E-state index in [9.17, 15) is 35.1 Å². The summed E-state index contributed by atoms with van der Waals surface area (Å²) in [4.78, 5) is 26.4. The van der Waals surface area contributed by atoms with Crippen LogP contribution in [-0.4, -0.2) is 99.6 Å². The van der Waals surface area contributed by atoms with Crippen molar-refractivity contribution in [3.8, 4) is 0 Å². The van der Waals surface area contributed by atoms with Crippen LogP contribution in [0, 0.1) is 0 Å². The maximum atomic E-state index is 13.4. The molecule has 71 heavy (non-hydrogen) atoms. The van der Waals surface area contributed by atoms with Gasteiger partial charge < -0.3 is 45.1 Å². The SMILES string of the molecule is CC/C=C/C=C/C=C/C=C\CCCCCCC(O)C(=O)NC(COC1OC(CO)C(O)C(O)C1OC(=O)CCCCCCCCC/C=C/C=C/C=C/CC)C(O)/C=C/CCCCCCCCCCCCC. The molecule has 11 heteroatoms. The van der Waals surface area contributed by atoms with E-state index in [1.165, 1.54) is 51.4 Å². The summed E-state index contributed by atoms with van der Waals surface area (Å²) >= 11 is 0. The second kappa shape index (κ2) is 47.6. The zero-order valence-corrected chi connectivity index (χ0v) is 44.6. The van der Waals surface area contributed by atoms with Gasteiger partial charge in [0, 0.05) is 6.42 Å². The van der Waals surface area contributed by atoms with Crippen LogP contribution in [0.2, 0.25) is 0 Å². The fourth-order valence-corrected chi connectivity index (χ4v) is 8.19. The van der Waals surface area contributed by atoms with E-state index in [0.29, 0.717) is 12.8 Å². The number of ether oxygens (including phenoxy) is 3. The number of aliphatic hydroxyl groups excluding tert-OH is 5. The first-order valence-corrected chi connectivity index (χ1v) is 28.1. The van der Waals surface area contributed by atoms with E-state index >= 15 is 0 Å². The first-order valence-electron chi connectivity index (χ1n) is 28.1.